The molecule has 0 N–H and O–H groups in total. The van der Waals surface area contributed by atoms with Crippen molar-refractivity contribution >= 4 is 17.5 Å². The second-order valence-electron chi connectivity index (χ2n) is 6.54. The van der Waals surface area contributed by atoms with E-state index in [2.05, 4.69) is 9.97 Å². The van der Waals surface area contributed by atoms with Crippen LogP contribution in [0.2, 0.25) is 5.02 Å². The van der Waals surface area contributed by atoms with Crippen LogP contribution in [0.5, 0.6) is 0 Å². The Bertz CT molecular complexity index is 1070. The molecule has 1 aromatic heterocycles. The van der Waals surface area contributed by atoms with Gasteiger partial charge in [0.1, 0.15) is 17.3 Å². The number of benzene rings is 1. The highest BCUT2D eigenvalue weighted by atomic mass is 35.5. The van der Waals surface area contributed by atoms with Crippen molar-refractivity contribution in [2.75, 3.05) is 13.0 Å². The van der Waals surface area contributed by atoms with Crippen LogP contribution >= 0.6 is 11.6 Å². The Morgan fingerprint density at radius 2 is 2.14 bits per heavy atom. The fourth-order valence-electron chi connectivity index (χ4n) is 2.84. The lowest BCUT2D eigenvalue weighted by atomic mass is 9.88. The summed E-state index contributed by atoms with van der Waals surface area (Å²) in [5, 5.41) is -0.282. The summed E-state index contributed by atoms with van der Waals surface area (Å²) in [6.07, 6.45) is -2.96. The standard InChI is InChI=1S/C21H24ClF2N3O/c1-2-15-13-25-19(26-14-15)4-3-7-21(24)8-10-27(11-9-21)20(28)16-5-6-18(23)17(22)12-16/h5-6,12-14H,2-4,7-11H2,1H3/i2D2,4D2,10D2. The van der Waals surface area contributed by atoms with E-state index in [4.69, 9.17) is 19.8 Å². The van der Waals surface area contributed by atoms with Crippen molar-refractivity contribution in [3.8, 4) is 0 Å². The molecule has 1 fully saturated rings. The number of likely N-dealkylation sites (tertiary alicyclic amines) is 1. The number of piperidine rings is 1. The summed E-state index contributed by atoms with van der Waals surface area (Å²) in [6.45, 7) is -1.29. The molecule has 2 aromatic rings. The number of nitrogens with zero attached hydrogens (tertiary/aromatic N) is 3. The first-order valence-electron chi connectivity index (χ1n) is 11.8. The largest absolute Gasteiger partial charge is 0.338 e. The molecule has 2 heterocycles. The van der Waals surface area contributed by atoms with Gasteiger partial charge in [0.05, 0.1) is 5.02 Å². The van der Waals surface area contributed by atoms with Gasteiger partial charge in [0.15, 0.2) is 0 Å². The number of aryl methyl sites for hydroxylation is 2. The molecule has 0 bridgehead atoms. The molecule has 4 nitrogen and oxygen atoms in total. The minimum Gasteiger partial charge on any atom is -0.338 e. The van der Waals surface area contributed by atoms with E-state index in [1.165, 1.54) is 25.4 Å². The summed E-state index contributed by atoms with van der Waals surface area (Å²) in [7, 11) is 0. The normalized spacial score (nSPS) is 25.6. The fourth-order valence-corrected chi connectivity index (χ4v) is 3.02. The quantitative estimate of drug-likeness (QED) is 0.683. The maximum absolute atomic E-state index is 15.6. The molecule has 1 atom stereocenters. The van der Waals surface area contributed by atoms with Crippen molar-refractivity contribution in [2.45, 2.75) is 51.0 Å². The molecule has 0 aliphatic carbocycles. The number of halogens is 3. The number of carbonyl (C=O) groups excluding carboxylic acids is 1. The van der Waals surface area contributed by atoms with Crippen molar-refractivity contribution in [3.05, 3.63) is 58.4 Å². The highest BCUT2D eigenvalue weighted by molar-refractivity contribution is 6.31. The molecule has 1 unspecified atom stereocenters. The van der Waals surface area contributed by atoms with E-state index in [1.54, 1.807) is 0 Å². The predicted octanol–water partition coefficient (Wildman–Crippen LogP) is 4.80. The lowest BCUT2D eigenvalue weighted by molar-refractivity contribution is 0.0389. The number of amides is 1. The van der Waals surface area contributed by atoms with Gasteiger partial charge >= 0.3 is 0 Å². The molecule has 0 spiro atoms. The number of alkyl halides is 1. The molecule has 28 heavy (non-hydrogen) atoms. The van der Waals surface area contributed by atoms with E-state index >= 15 is 4.39 Å². The Morgan fingerprint density at radius 1 is 1.39 bits per heavy atom. The van der Waals surface area contributed by atoms with Gasteiger partial charge in [-0.2, -0.15) is 0 Å². The van der Waals surface area contributed by atoms with Crippen LogP contribution in [0, 0.1) is 5.82 Å². The van der Waals surface area contributed by atoms with Gasteiger partial charge in [-0.25, -0.2) is 18.7 Å². The van der Waals surface area contributed by atoms with E-state index in [9.17, 15) is 9.18 Å². The number of hydrogen-bond acceptors (Lipinski definition) is 3. The number of carbonyl (C=O) groups is 1. The zero-order valence-corrected chi connectivity index (χ0v) is 16.1. The molecule has 150 valence electrons. The molecule has 0 saturated carbocycles. The van der Waals surface area contributed by atoms with Gasteiger partial charge in [0.2, 0.25) is 0 Å². The molecule has 1 aromatic carbocycles. The molecule has 1 saturated heterocycles. The van der Waals surface area contributed by atoms with Crippen LogP contribution in [0.4, 0.5) is 8.78 Å². The first-order valence-corrected chi connectivity index (χ1v) is 9.21. The van der Waals surface area contributed by atoms with Crippen molar-refractivity contribution in [2.24, 2.45) is 0 Å². The van der Waals surface area contributed by atoms with Gasteiger partial charge in [-0.15, -0.1) is 0 Å². The molecule has 0 radical (unpaired) electrons. The summed E-state index contributed by atoms with van der Waals surface area (Å²) in [5.74, 6) is -1.68. The molecule has 1 amide bonds. The molecule has 1 aliphatic heterocycles. The second kappa shape index (κ2) is 8.95. The fraction of sp³-hybridized carbons (Fsp3) is 0.476. The van der Waals surface area contributed by atoms with Crippen molar-refractivity contribution < 1.29 is 21.8 Å². The summed E-state index contributed by atoms with van der Waals surface area (Å²) < 4.78 is 77.3. The smallest absolute Gasteiger partial charge is 0.253 e. The Kier molecular flexibility index (Phi) is 4.47. The van der Waals surface area contributed by atoms with Crippen LogP contribution in [0.1, 0.15) is 62.6 Å². The van der Waals surface area contributed by atoms with Crippen LogP contribution in [0.3, 0.4) is 0 Å². The van der Waals surface area contributed by atoms with Crippen LogP contribution < -0.4 is 0 Å². The first-order chi connectivity index (χ1) is 15.5. The van der Waals surface area contributed by atoms with Gasteiger partial charge in [0.25, 0.3) is 5.91 Å². The van der Waals surface area contributed by atoms with Crippen molar-refractivity contribution in [1.82, 2.24) is 14.9 Å². The van der Waals surface area contributed by atoms with Crippen LogP contribution in [-0.2, 0) is 12.7 Å². The second-order valence-corrected chi connectivity index (χ2v) is 6.95. The lowest BCUT2D eigenvalue weighted by Crippen LogP contribution is -2.44. The third-order valence-electron chi connectivity index (χ3n) is 4.58. The summed E-state index contributed by atoms with van der Waals surface area (Å²) in [5.41, 5.74) is -1.91. The molecule has 7 heteroatoms. The minimum absolute atomic E-state index is 0.0185. The summed E-state index contributed by atoms with van der Waals surface area (Å²) in [4.78, 5) is 21.4. The monoisotopic (exact) mass is 413 g/mol. The van der Waals surface area contributed by atoms with Crippen LogP contribution in [-0.4, -0.2) is 39.5 Å². The van der Waals surface area contributed by atoms with Gasteiger partial charge < -0.3 is 4.90 Å². The zero-order valence-electron chi connectivity index (χ0n) is 21.3. The molecule has 1 aliphatic rings. The average Bonchev–Trinajstić information content (AvgIpc) is 2.73. The van der Waals surface area contributed by atoms with E-state index in [0.717, 1.165) is 17.0 Å². The van der Waals surface area contributed by atoms with E-state index < -0.39 is 43.1 Å². The Morgan fingerprint density at radius 3 is 2.79 bits per heavy atom. The van der Waals surface area contributed by atoms with Gasteiger partial charge in [-0.1, -0.05) is 18.5 Å². The third-order valence-corrected chi connectivity index (χ3v) is 4.87. The van der Waals surface area contributed by atoms with Crippen molar-refractivity contribution in [3.63, 3.8) is 0 Å². The van der Waals surface area contributed by atoms with Crippen molar-refractivity contribution in [1.29, 1.82) is 0 Å². The van der Waals surface area contributed by atoms with Gasteiger partial charge in [-0.05, 0) is 55.8 Å². The Hall–Kier alpha value is -2.08. The summed E-state index contributed by atoms with van der Waals surface area (Å²) >= 11 is 5.71. The van der Waals surface area contributed by atoms with E-state index in [-0.39, 0.29) is 47.8 Å². The lowest BCUT2D eigenvalue weighted by Gasteiger charge is -2.36. The van der Waals surface area contributed by atoms with E-state index in [1.807, 2.05) is 0 Å². The number of hydrogen-bond donors (Lipinski definition) is 0. The number of rotatable bonds is 6. The molecule has 3 rings (SSSR count). The molecular weight excluding hydrogens is 384 g/mol. The van der Waals surface area contributed by atoms with Crippen LogP contribution in [0.25, 0.3) is 0 Å². The first kappa shape index (κ1) is 14.0. The average molecular weight is 414 g/mol. The maximum Gasteiger partial charge on any atom is 0.253 e. The SMILES string of the molecule is [2H]C([2H])(C)c1cnc(C([2H])([2H])CCC2(F)CCN(C(=O)c3ccc(F)c(Cl)c3)C([2H])([2H])C2)nc1. The summed E-state index contributed by atoms with van der Waals surface area (Å²) in [6, 6.07) is 3.27. The van der Waals surface area contributed by atoms with Crippen LogP contribution in [0.15, 0.2) is 30.6 Å². The molecular formula is C21H24ClF2N3O. The predicted molar refractivity (Wildman–Crippen MR) is 105 cm³/mol. The highest BCUT2D eigenvalue weighted by Crippen LogP contribution is 2.32. The Balaban J connectivity index is 1.69. The van der Waals surface area contributed by atoms with Gasteiger partial charge in [0, 0.05) is 45.6 Å². The highest BCUT2D eigenvalue weighted by Gasteiger charge is 2.35. The van der Waals surface area contributed by atoms with E-state index in [0.29, 0.717) is 0 Å². The zero-order chi connectivity index (χ0) is 25.5. The number of aromatic nitrogens is 2. The minimum atomic E-state index is -2.36. The third kappa shape index (κ3) is 5.04. The maximum atomic E-state index is 15.6. The Labute approximate surface area is 177 Å². The topological polar surface area (TPSA) is 46.1 Å². The van der Waals surface area contributed by atoms with Gasteiger partial charge in [-0.3, -0.25) is 4.79 Å².